The molecule has 0 saturated carbocycles. The van der Waals surface area contributed by atoms with E-state index in [1.165, 1.54) is 24.8 Å². The molecule has 0 aliphatic rings. The summed E-state index contributed by atoms with van der Waals surface area (Å²) in [6, 6.07) is 12.5. The van der Waals surface area contributed by atoms with Crippen molar-refractivity contribution in [1.82, 2.24) is 5.32 Å². The van der Waals surface area contributed by atoms with Crippen LogP contribution in [0.4, 0.5) is 4.39 Å². The number of methoxy groups -OCH3 is 1. The lowest BCUT2D eigenvalue weighted by Gasteiger charge is -2.05. The van der Waals surface area contributed by atoms with Gasteiger partial charge in [-0.15, -0.1) is 0 Å². The highest BCUT2D eigenvalue weighted by molar-refractivity contribution is 5.91. The molecule has 0 aliphatic heterocycles. The molecule has 3 nitrogen and oxygen atoms in total. The largest absolute Gasteiger partial charge is 0.494 e. The van der Waals surface area contributed by atoms with Crippen LogP contribution in [0.2, 0.25) is 0 Å². The van der Waals surface area contributed by atoms with Crippen LogP contribution in [-0.4, -0.2) is 13.0 Å². The fraction of sp³-hybridized carbons (Fsp3) is 0.167. The summed E-state index contributed by atoms with van der Waals surface area (Å²) in [6.07, 6.45) is 3.20. The highest BCUT2D eigenvalue weighted by Gasteiger charge is 2.04. The molecule has 0 unspecified atom stereocenters. The third-order valence-corrected chi connectivity index (χ3v) is 3.19. The summed E-state index contributed by atoms with van der Waals surface area (Å²) in [5.41, 5.74) is 2.80. The number of ether oxygens (including phenoxy) is 1. The van der Waals surface area contributed by atoms with E-state index in [4.69, 9.17) is 4.74 Å². The van der Waals surface area contributed by atoms with Gasteiger partial charge in [0.15, 0.2) is 11.6 Å². The standard InChI is InChI=1S/C18H18FNO2/c1-13-3-5-14(6-4-13)8-10-18(21)20-12-15-7-9-17(22-2)16(19)11-15/h3-11H,12H2,1-2H3,(H,20,21)/b10-8+. The molecule has 0 radical (unpaired) electrons. The van der Waals surface area contributed by atoms with E-state index < -0.39 is 5.82 Å². The van der Waals surface area contributed by atoms with E-state index in [-0.39, 0.29) is 18.2 Å². The minimum Gasteiger partial charge on any atom is -0.494 e. The molecule has 0 fully saturated rings. The molecule has 0 aliphatic carbocycles. The van der Waals surface area contributed by atoms with Crippen LogP contribution in [-0.2, 0) is 11.3 Å². The first-order valence-electron chi connectivity index (χ1n) is 6.93. The third-order valence-electron chi connectivity index (χ3n) is 3.19. The van der Waals surface area contributed by atoms with Crippen molar-refractivity contribution in [1.29, 1.82) is 0 Å². The van der Waals surface area contributed by atoms with Crippen LogP contribution in [0.1, 0.15) is 16.7 Å². The Bertz CT molecular complexity index is 678. The van der Waals surface area contributed by atoms with Crippen LogP contribution in [0, 0.1) is 12.7 Å². The minimum absolute atomic E-state index is 0.189. The number of hydrogen-bond acceptors (Lipinski definition) is 2. The van der Waals surface area contributed by atoms with Gasteiger partial charge in [-0.25, -0.2) is 4.39 Å². The smallest absolute Gasteiger partial charge is 0.244 e. The van der Waals surface area contributed by atoms with E-state index in [1.807, 2.05) is 31.2 Å². The second-order valence-corrected chi connectivity index (χ2v) is 4.93. The van der Waals surface area contributed by atoms with Gasteiger partial charge in [-0.1, -0.05) is 35.9 Å². The van der Waals surface area contributed by atoms with Crippen LogP contribution in [0.3, 0.4) is 0 Å². The minimum atomic E-state index is -0.440. The second-order valence-electron chi connectivity index (χ2n) is 4.93. The first kappa shape index (κ1) is 15.8. The lowest BCUT2D eigenvalue weighted by Crippen LogP contribution is -2.20. The van der Waals surface area contributed by atoms with E-state index in [1.54, 1.807) is 18.2 Å². The van der Waals surface area contributed by atoms with Gasteiger partial charge >= 0.3 is 0 Å². The molecule has 114 valence electrons. The van der Waals surface area contributed by atoms with Crippen LogP contribution in [0.15, 0.2) is 48.5 Å². The predicted octanol–water partition coefficient (Wildman–Crippen LogP) is 3.47. The molecule has 0 heterocycles. The van der Waals surface area contributed by atoms with E-state index in [0.717, 1.165) is 5.56 Å². The SMILES string of the molecule is COc1ccc(CNC(=O)/C=C/c2ccc(C)cc2)cc1F. The van der Waals surface area contributed by atoms with Crippen molar-refractivity contribution in [2.45, 2.75) is 13.5 Å². The summed E-state index contributed by atoms with van der Waals surface area (Å²) in [6.45, 7) is 2.27. The zero-order chi connectivity index (χ0) is 15.9. The van der Waals surface area contributed by atoms with Gasteiger partial charge in [0.2, 0.25) is 5.91 Å². The summed E-state index contributed by atoms with van der Waals surface area (Å²) < 4.78 is 18.4. The molecule has 2 rings (SSSR count). The molecule has 2 aromatic rings. The Hall–Kier alpha value is -2.62. The number of nitrogens with one attached hydrogen (secondary N) is 1. The van der Waals surface area contributed by atoms with E-state index in [2.05, 4.69) is 5.32 Å². The van der Waals surface area contributed by atoms with E-state index in [9.17, 15) is 9.18 Å². The van der Waals surface area contributed by atoms with Crippen LogP contribution in [0.25, 0.3) is 6.08 Å². The maximum atomic E-state index is 13.5. The Kier molecular flexibility index (Phi) is 5.31. The number of amides is 1. The number of benzene rings is 2. The quantitative estimate of drug-likeness (QED) is 0.859. The predicted molar refractivity (Wildman–Crippen MR) is 85.0 cm³/mol. The molecule has 22 heavy (non-hydrogen) atoms. The average Bonchev–Trinajstić information content (AvgIpc) is 2.52. The molecule has 4 heteroatoms. The number of hydrogen-bond donors (Lipinski definition) is 1. The average molecular weight is 299 g/mol. The first-order valence-corrected chi connectivity index (χ1v) is 6.93. The number of aryl methyl sites for hydroxylation is 1. The van der Waals surface area contributed by atoms with Gasteiger partial charge in [0, 0.05) is 12.6 Å². The van der Waals surface area contributed by atoms with Crippen molar-refractivity contribution in [2.24, 2.45) is 0 Å². The van der Waals surface area contributed by atoms with Crippen molar-refractivity contribution < 1.29 is 13.9 Å². The van der Waals surface area contributed by atoms with E-state index >= 15 is 0 Å². The number of carbonyl (C=O) groups is 1. The Morgan fingerprint density at radius 2 is 1.95 bits per heavy atom. The maximum Gasteiger partial charge on any atom is 0.244 e. The number of rotatable bonds is 5. The summed E-state index contributed by atoms with van der Waals surface area (Å²) in [5, 5.41) is 2.71. The molecular formula is C18H18FNO2. The lowest BCUT2D eigenvalue weighted by atomic mass is 10.1. The first-order chi connectivity index (χ1) is 10.6. The summed E-state index contributed by atoms with van der Waals surface area (Å²) >= 11 is 0. The van der Waals surface area contributed by atoms with Gasteiger partial charge < -0.3 is 10.1 Å². The van der Waals surface area contributed by atoms with Crippen molar-refractivity contribution >= 4 is 12.0 Å². The molecule has 0 atom stereocenters. The number of carbonyl (C=O) groups excluding carboxylic acids is 1. The fourth-order valence-corrected chi connectivity index (χ4v) is 1.92. The third kappa shape index (κ3) is 4.45. The van der Waals surface area contributed by atoms with Gasteiger partial charge in [-0.3, -0.25) is 4.79 Å². The molecule has 1 N–H and O–H groups in total. The van der Waals surface area contributed by atoms with Gasteiger partial charge in [0.25, 0.3) is 0 Å². The van der Waals surface area contributed by atoms with Gasteiger partial charge in [0.1, 0.15) is 0 Å². The van der Waals surface area contributed by atoms with Crippen molar-refractivity contribution in [3.63, 3.8) is 0 Å². The van der Waals surface area contributed by atoms with E-state index in [0.29, 0.717) is 5.56 Å². The van der Waals surface area contributed by atoms with Crippen LogP contribution < -0.4 is 10.1 Å². The lowest BCUT2D eigenvalue weighted by molar-refractivity contribution is -0.116. The Balaban J connectivity index is 1.90. The molecular weight excluding hydrogens is 281 g/mol. The highest BCUT2D eigenvalue weighted by Crippen LogP contribution is 2.17. The molecule has 1 amide bonds. The van der Waals surface area contributed by atoms with Crippen LogP contribution >= 0.6 is 0 Å². The summed E-state index contributed by atoms with van der Waals surface area (Å²) in [4.78, 5) is 11.7. The van der Waals surface area contributed by atoms with Crippen molar-refractivity contribution in [2.75, 3.05) is 7.11 Å². The molecule has 0 bridgehead atoms. The topological polar surface area (TPSA) is 38.3 Å². The molecule has 0 aromatic heterocycles. The Morgan fingerprint density at radius 1 is 1.23 bits per heavy atom. The van der Waals surface area contributed by atoms with Gasteiger partial charge in [-0.05, 0) is 36.3 Å². The van der Waals surface area contributed by atoms with Crippen LogP contribution in [0.5, 0.6) is 5.75 Å². The zero-order valence-corrected chi connectivity index (χ0v) is 12.6. The van der Waals surface area contributed by atoms with Crippen molar-refractivity contribution in [3.05, 3.63) is 71.0 Å². The Morgan fingerprint density at radius 3 is 2.59 bits per heavy atom. The molecule has 2 aromatic carbocycles. The second kappa shape index (κ2) is 7.41. The van der Waals surface area contributed by atoms with Crippen molar-refractivity contribution in [3.8, 4) is 5.75 Å². The molecule has 0 saturated heterocycles. The fourth-order valence-electron chi connectivity index (χ4n) is 1.92. The summed E-state index contributed by atoms with van der Waals surface area (Å²) in [7, 11) is 1.41. The zero-order valence-electron chi connectivity index (χ0n) is 12.6. The van der Waals surface area contributed by atoms with Gasteiger partial charge in [-0.2, -0.15) is 0 Å². The summed E-state index contributed by atoms with van der Waals surface area (Å²) in [5.74, 6) is -0.476. The monoisotopic (exact) mass is 299 g/mol. The molecule has 0 spiro atoms. The maximum absolute atomic E-state index is 13.5. The Labute approximate surface area is 129 Å². The number of halogens is 1. The van der Waals surface area contributed by atoms with Gasteiger partial charge in [0.05, 0.1) is 7.11 Å². The highest BCUT2D eigenvalue weighted by atomic mass is 19.1. The normalized spacial score (nSPS) is 10.7.